The molecule has 6 nitrogen and oxygen atoms in total. The summed E-state index contributed by atoms with van der Waals surface area (Å²) in [5.41, 5.74) is 2.00. The van der Waals surface area contributed by atoms with Gasteiger partial charge in [-0.05, 0) is 37.6 Å². The smallest absolute Gasteiger partial charge is 0.255 e. The number of aromatic nitrogens is 1. The number of methoxy groups -OCH3 is 2. The quantitative estimate of drug-likeness (QED) is 0.661. The van der Waals surface area contributed by atoms with Crippen LogP contribution in [0.4, 0.5) is 0 Å². The van der Waals surface area contributed by atoms with Crippen LogP contribution < -0.4 is 0 Å². The summed E-state index contributed by atoms with van der Waals surface area (Å²) in [6.07, 6.45) is 2.39. The first kappa shape index (κ1) is 18.2. The van der Waals surface area contributed by atoms with Crippen LogP contribution in [-0.2, 0) is 9.47 Å². The molecule has 2 aromatic heterocycles. The van der Waals surface area contributed by atoms with E-state index in [0.29, 0.717) is 43.3 Å². The second-order valence-corrected chi connectivity index (χ2v) is 5.44. The van der Waals surface area contributed by atoms with Crippen LogP contribution in [0.1, 0.15) is 22.5 Å². The lowest BCUT2D eigenvalue weighted by Gasteiger charge is -2.23. The molecular weight excluding hydrogens is 308 g/mol. The van der Waals surface area contributed by atoms with Gasteiger partial charge in [0.2, 0.25) is 0 Å². The van der Waals surface area contributed by atoms with Crippen molar-refractivity contribution in [1.82, 2.24) is 9.88 Å². The van der Waals surface area contributed by atoms with Gasteiger partial charge in [-0.2, -0.15) is 0 Å². The normalized spacial score (nSPS) is 10.8. The number of hydrogen-bond donors (Lipinski definition) is 0. The van der Waals surface area contributed by atoms with Crippen molar-refractivity contribution in [2.75, 3.05) is 40.5 Å². The highest BCUT2D eigenvalue weighted by Crippen LogP contribution is 2.20. The molecule has 0 radical (unpaired) electrons. The molecule has 0 saturated carbocycles. The van der Waals surface area contributed by atoms with E-state index >= 15 is 0 Å². The lowest BCUT2D eigenvalue weighted by Crippen LogP contribution is -2.35. The number of carbonyl (C=O) groups excluding carboxylic acids is 1. The number of pyridine rings is 1. The zero-order chi connectivity index (χ0) is 17.4. The number of hydrogen-bond acceptors (Lipinski definition) is 5. The van der Waals surface area contributed by atoms with Gasteiger partial charge < -0.3 is 18.8 Å². The van der Waals surface area contributed by atoms with Gasteiger partial charge >= 0.3 is 0 Å². The first-order valence-corrected chi connectivity index (χ1v) is 7.96. The van der Waals surface area contributed by atoms with Gasteiger partial charge in [0.15, 0.2) is 5.76 Å². The van der Waals surface area contributed by atoms with Gasteiger partial charge in [0.05, 0.1) is 24.1 Å². The molecule has 1 amide bonds. The molecular formula is C18H24N2O4. The van der Waals surface area contributed by atoms with Crippen LogP contribution in [0.25, 0.3) is 11.5 Å². The molecule has 6 heteroatoms. The van der Waals surface area contributed by atoms with E-state index in [1.165, 1.54) is 0 Å². The van der Waals surface area contributed by atoms with Crippen molar-refractivity contribution in [2.45, 2.75) is 13.3 Å². The van der Waals surface area contributed by atoms with E-state index in [4.69, 9.17) is 13.9 Å². The van der Waals surface area contributed by atoms with Crippen LogP contribution in [0, 0.1) is 6.92 Å². The molecule has 0 aliphatic rings. The second-order valence-electron chi connectivity index (χ2n) is 5.44. The summed E-state index contributed by atoms with van der Waals surface area (Å²) >= 11 is 0. The van der Waals surface area contributed by atoms with Crippen LogP contribution in [0.3, 0.4) is 0 Å². The van der Waals surface area contributed by atoms with Gasteiger partial charge in [0.25, 0.3) is 5.91 Å². The fourth-order valence-corrected chi connectivity index (χ4v) is 2.44. The maximum absolute atomic E-state index is 12.8. The van der Waals surface area contributed by atoms with E-state index in [2.05, 4.69) is 4.98 Å². The Balaban J connectivity index is 2.15. The predicted octanol–water partition coefficient (Wildman–Crippen LogP) is 2.78. The van der Waals surface area contributed by atoms with Crippen LogP contribution in [0.2, 0.25) is 0 Å². The SMILES string of the molecule is COCCCN(CCOC)C(=O)c1ccc(-c2ccco2)nc1C. The van der Waals surface area contributed by atoms with E-state index in [1.54, 1.807) is 31.4 Å². The Morgan fingerprint density at radius 1 is 1.17 bits per heavy atom. The average Bonchev–Trinajstić information content (AvgIpc) is 3.12. The Morgan fingerprint density at radius 3 is 2.58 bits per heavy atom. The monoisotopic (exact) mass is 332 g/mol. The molecule has 0 aliphatic heterocycles. The van der Waals surface area contributed by atoms with Crippen LogP contribution >= 0.6 is 0 Å². The van der Waals surface area contributed by atoms with Gasteiger partial charge in [-0.25, -0.2) is 4.98 Å². The maximum atomic E-state index is 12.8. The zero-order valence-electron chi connectivity index (χ0n) is 14.4. The third kappa shape index (κ3) is 4.66. The first-order valence-electron chi connectivity index (χ1n) is 7.96. The number of carbonyl (C=O) groups is 1. The summed E-state index contributed by atoms with van der Waals surface area (Å²) in [6.45, 7) is 4.11. The molecule has 2 rings (SSSR count). The van der Waals surface area contributed by atoms with Crippen molar-refractivity contribution in [3.8, 4) is 11.5 Å². The molecule has 24 heavy (non-hydrogen) atoms. The molecule has 130 valence electrons. The van der Waals surface area contributed by atoms with E-state index in [9.17, 15) is 4.79 Å². The number of nitrogens with zero attached hydrogens (tertiary/aromatic N) is 2. The summed E-state index contributed by atoms with van der Waals surface area (Å²) in [5, 5.41) is 0. The van der Waals surface area contributed by atoms with E-state index in [0.717, 1.165) is 12.1 Å². The molecule has 0 N–H and O–H groups in total. The van der Waals surface area contributed by atoms with Crippen molar-refractivity contribution < 1.29 is 18.7 Å². The van der Waals surface area contributed by atoms with Crippen molar-refractivity contribution in [3.63, 3.8) is 0 Å². The fraction of sp³-hybridized carbons (Fsp3) is 0.444. The molecule has 2 aromatic rings. The Labute approximate surface area is 142 Å². The molecule has 0 unspecified atom stereocenters. The molecule has 0 atom stereocenters. The van der Waals surface area contributed by atoms with E-state index in [1.807, 2.05) is 25.1 Å². The predicted molar refractivity (Wildman–Crippen MR) is 90.9 cm³/mol. The zero-order valence-corrected chi connectivity index (χ0v) is 14.4. The molecule has 0 fully saturated rings. The molecule has 0 bridgehead atoms. The molecule has 0 spiro atoms. The van der Waals surface area contributed by atoms with Crippen molar-refractivity contribution in [3.05, 3.63) is 41.8 Å². The van der Waals surface area contributed by atoms with Gasteiger partial charge in [0.1, 0.15) is 5.69 Å². The highest BCUT2D eigenvalue weighted by molar-refractivity contribution is 5.95. The Bertz CT molecular complexity index is 640. The Morgan fingerprint density at radius 2 is 1.96 bits per heavy atom. The summed E-state index contributed by atoms with van der Waals surface area (Å²) in [4.78, 5) is 19.1. The average molecular weight is 332 g/mol. The largest absolute Gasteiger partial charge is 0.463 e. The lowest BCUT2D eigenvalue weighted by atomic mass is 10.1. The summed E-state index contributed by atoms with van der Waals surface area (Å²) in [7, 11) is 3.28. The topological polar surface area (TPSA) is 64.8 Å². The molecule has 0 aliphatic carbocycles. The molecule has 0 saturated heterocycles. The Hall–Kier alpha value is -2.18. The van der Waals surface area contributed by atoms with Crippen LogP contribution in [0.15, 0.2) is 34.9 Å². The number of furan rings is 1. The standard InChI is InChI=1S/C18H24N2O4/c1-14-15(7-8-16(19-14)17-6-4-12-24-17)18(21)20(10-13-23-3)9-5-11-22-2/h4,6-8,12H,5,9-11,13H2,1-3H3. The number of ether oxygens (including phenoxy) is 2. The Kier molecular flexibility index (Phi) is 6.96. The lowest BCUT2D eigenvalue weighted by molar-refractivity contribution is 0.0673. The van der Waals surface area contributed by atoms with Gasteiger partial charge in [-0.3, -0.25) is 4.79 Å². The number of aryl methyl sites for hydroxylation is 1. The minimum atomic E-state index is -0.0425. The number of amides is 1. The first-order chi connectivity index (χ1) is 11.7. The minimum absolute atomic E-state index is 0.0425. The van der Waals surface area contributed by atoms with Gasteiger partial charge in [0, 0.05) is 33.9 Å². The summed E-state index contributed by atoms with van der Waals surface area (Å²) in [5.74, 6) is 0.646. The van der Waals surface area contributed by atoms with Crippen LogP contribution in [-0.4, -0.2) is 56.3 Å². The second kappa shape index (κ2) is 9.20. The third-order valence-corrected chi connectivity index (χ3v) is 3.72. The fourth-order valence-electron chi connectivity index (χ4n) is 2.44. The summed E-state index contributed by atoms with van der Waals surface area (Å²) < 4.78 is 15.5. The van der Waals surface area contributed by atoms with E-state index < -0.39 is 0 Å². The molecule has 2 heterocycles. The highest BCUT2D eigenvalue weighted by atomic mass is 16.5. The van der Waals surface area contributed by atoms with Crippen molar-refractivity contribution in [1.29, 1.82) is 0 Å². The van der Waals surface area contributed by atoms with E-state index in [-0.39, 0.29) is 5.91 Å². The number of rotatable bonds is 9. The minimum Gasteiger partial charge on any atom is -0.463 e. The van der Waals surface area contributed by atoms with Gasteiger partial charge in [-0.1, -0.05) is 0 Å². The van der Waals surface area contributed by atoms with Gasteiger partial charge in [-0.15, -0.1) is 0 Å². The third-order valence-electron chi connectivity index (χ3n) is 3.72. The van der Waals surface area contributed by atoms with Crippen LogP contribution in [0.5, 0.6) is 0 Å². The van der Waals surface area contributed by atoms with Crippen molar-refractivity contribution >= 4 is 5.91 Å². The summed E-state index contributed by atoms with van der Waals surface area (Å²) in [6, 6.07) is 7.27. The molecule has 0 aromatic carbocycles. The maximum Gasteiger partial charge on any atom is 0.255 e. The highest BCUT2D eigenvalue weighted by Gasteiger charge is 2.18. The van der Waals surface area contributed by atoms with Crippen molar-refractivity contribution in [2.24, 2.45) is 0 Å².